The Morgan fingerprint density at radius 2 is 2.04 bits per heavy atom. The molecule has 1 saturated carbocycles. The smallest absolute Gasteiger partial charge is 0.266 e. The molecule has 0 bridgehead atoms. The van der Waals surface area contributed by atoms with E-state index in [0.717, 1.165) is 19.3 Å². The van der Waals surface area contributed by atoms with Gasteiger partial charge in [-0.2, -0.15) is 5.26 Å². The first kappa shape index (κ1) is 18.2. The van der Waals surface area contributed by atoms with Gasteiger partial charge in [0.25, 0.3) is 5.56 Å². The molecule has 1 aromatic rings. The SMILES string of the molecule is Cc1[nH]c(=O)c(C#N)c(C)c1CCC(=O)NS(=O)(=O)CC1CCC1. The number of aryl methyl sites for hydroxylation is 1. The van der Waals surface area contributed by atoms with Crippen LogP contribution in [0, 0.1) is 31.1 Å². The van der Waals surface area contributed by atoms with E-state index in [2.05, 4.69) is 9.71 Å². The van der Waals surface area contributed by atoms with Crippen LogP contribution in [0.25, 0.3) is 0 Å². The van der Waals surface area contributed by atoms with Crippen molar-refractivity contribution in [3.63, 3.8) is 0 Å². The fraction of sp³-hybridized carbons (Fsp3) is 0.562. The van der Waals surface area contributed by atoms with Crippen molar-refractivity contribution >= 4 is 15.9 Å². The summed E-state index contributed by atoms with van der Waals surface area (Å²) in [6.07, 6.45) is 3.06. The van der Waals surface area contributed by atoms with Gasteiger partial charge in [-0.1, -0.05) is 6.42 Å². The number of nitriles is 1. The Balaban J connectivity index is 2.02. The molecular weight excluding hydrogens is 330 g/mol. The molecule has 130 valence electrons. The van der Waals surface area contributed by atoms with Crippen molar-refractivity contribution in [3.8, 4) is 6.07 Å². The third-order valence-electron chi connectivity index (χ3n) is 4.47. The van der Waals surface area contributed by atoms with E-state index in [4.69, 9.17) is 5.26 Å². The van der Waals surface area contributed by atoms with E-state index >= 15 is 0 Å². The molecular formula is C16H21N3O4S. The lowest BCUT2D eigenvalue weighted by atomic mass is 9.87. The van der Waals surface area contributed by atoms with E-state index in [1.807, 2.05) is 6.07 Å². The minimum Gasteiger partial charge on any atom is -0.325 e. The number of sulfonamides is 1. The van der Waals surface area contributed by atoms with Crippen LogP contribution in [0.15, 0.2) is 4.79 Å². The number of pyridine rings is 1. The van der Waals surface area contributed by atoms with Crippen LogP contribution in [0.5, 0.6) is 0 Å². The van der Waals surface area contributed by atoms with Crippen LogP contribution < -0.4 is 10.3 Å². The summed E-state index contributed by atoms with van der Waals surface area (Å²) >= 11 is 0. The number of nitrogens with one attached hydrogen (secondary N) is 2. The summed E-state index contributed by atoms with van der Waals surface area (Å²) in [5.41, 5.74) is 1.38. The standard InChI is InChI=1S/C16H21N3O4S/c1-10-13(11(2)18-16(21)14(10)8-17)6-7-15(20)19-24(22,23)9-12-4-3-5-12/h12H,3-7,9H2,1-2H3,(H,18,21)(H,19,20). The summed E-state index contributed by atoms with van der Waals surface area (Å²) in [6.45, 7) is 3.34. The van der Waals surface area contributed by atoms with Crippen molar-refractivity contribution in [3.05, 3.63) is 32.7 Å². The van der Waals surface area contributed by atoms with Gasteiger partial charge in [0.15, 0.2) is 0 Å². The van der Waals surface area contributed by atoms with Gasteiger partial charge >= 0.3 is 0 Å². The lowest BCUT2D eigenvalue weighted by Gasteiger charge is -2.24. The zero-order chi connectivity index (χ0) is 17.9. The van der Waals surface area contributed by atoms with Gasteiger partial charge in [-0.15, -0.1) is 0 Å². The van der Waals surface area contributed by atoms with Gasteiger partial charge in [0.1, 0.15) is 11.6 Å². The molecule has 0 saturated heterocycles. The van der Waals surface area contributed by atoms with Gasteiger partial charge in [-0.3, -0.25) is 14.3 Å². The second kappa shape index (κ2) is 7.18. The Morgan fingerprint density at radius 1 is 1.38 bits per heavy atom. The molecule has 0 atom stereocenters. The average molecular weight is 351 g/mol. The van der Waals surface area contributed by atoms with Gasteiger partial charge in [0.2, 0.25) is 15.9 Å². The van der Waals surface area contributed by atoms with E-state index in [9.17, 15) is 18.0 Å². The maximum atomic E-state index is 11.9. The second-order valence-corrected chi connectivity index (χ2v) is 8.04. The molecule has 7 nitrogen and oxygen atoms in total. The molecule has 1 heterocycles. The first-order valence-corrected chi connectivity index (χ1v) is 9.54. The Kier molecular flexibility index (Phi) is 5.44. The fourth-order valence-electron chi connectivity index (χ4n) is 2.89. The van der Waals surface area contributed by atoms with Crippen LogP contribution >= 0.6 is 0 Å². The first-order valence-electron chi connectivity index (χ1n) is 7.89. The first-order chi connectivity index (χ1) is 11.2. The highest BCUT2D eigenvalue weighted by Crippen LogP contribution is 2.27. The molecule has 1 aliphatic rings. The Bertz CT molecular complexity index is 845. The summed E-state index contributed by atoms with van der Waals surface area (Å²) in [7, 11) is -3.59. The highest BCUT2D eigenvalue weighted by molar-refractivity contribution is 7.90. The lowest BCUT2D eigenvalue weighted by Crippen LogP contribution is -2.36. The minimum absolute atomic E-state index is 0.00592. The monoisotopic (exact) mass is 351 g/mol. The van der Waals surface area contributed by atoms with E-state index < -0.39 is 21.5 Å². The van der Waals surface area contributed by atoms with E-state index in [0.29, 0.717) is 16.8 Å². The number of hydrogen-bond acceptors (Lipinski definition) is 5. The minimum atomic E-state index is -3.59. The summed E-state index contributed by atoms with van der Waals surface area (Å²) in [6, 6.07) is 1.85. The summed E-state index contributed by atoms with van der Waals surface area (Å²) in [5, 5.41) is 9.03. The number of amides is 1. The molecule has 0 aromatic carbocycles. The van der Waals surface area contributed by atoms with Crippen LogP contribution in [0.1, 0.15) is 48.1 Å². The van der Waals surface area contributed by atoms with Crippen LogP contribution in [0.4, 0.5) is 0 Å². The summed E-state index contributed by atoms with van der Waals surface area (Å²) in [4.78, 5) is 26.2. The number of H-pyrrole nitrogens is 1. The number of rotatable bonds is 6. The van der Waals surface area contributed by atoms with Crippen molar-refractivity contribution in [1.82, 2.24) is 9.71 Å². The Hall–Kier alpha value is -2.14. The Morgan fingerprint density at radius 3 is 2.58 bits per heavy atom. The van der Waals surface area contributed by atoms with Crippen molar-refractivity contribution in [2.24, 2.45) is 5.92 Å². The van der Waals surface area contributed by atoms with Gasteiger partial charge < -0.3 is 4.98 Å². The van der Waals surface area contributed by atoms with Crippen LogP contribution in [0.2, 0.25) is 0 Å². The number of nitrogens with zero attached hydrogens (tertiary/aromatic N) is 1. The maximum Gasteiger partial charge on any atom is 0.266 e. The molecule has 2 rings (SSSR count). The van der Waals surface area contributed by atoms with Crippen LogP contribution in [-0.2, 0) is 21.2 Å². The predicted molar refractivity (Wildman–Crippen MR) is 88.8 cm³/mol. The topological polar surface area (TPSA) is 120 Å². The third-order valence-corrected chi connectivity index (χ3v) is 5.92. The molecule has 2 N–H and O–H groups in total. The summed E-state index contributed by atoms with van der Waals surface area (Å²) < 4.78 is 25.9. The number of aromatic amines is 1. The van der Waals surface area contributed by atoms with Crippen LogP contribution in [0.3, 0.4) is 0 Å². The molecule has 24 heavy (non-hydrogen) atoms. The number of carbonyl (C=O) groups excluding carboxylic acids is 1. The fourth-order valence-corrected chi connectivity index (χ4v) is 4.38. The Labute approximate surface area is 141 Å². The molecule has 1 aliphatic carbocycles. The lowest BCUT2D eigenvalue weighted by molar-refractivity contribution is -0.119. The highest BCUT2D eigenvalue weighted by Gasteiger charge is 2.25. The third kappa shape index (κ3) is 4.23. The second-order valence-electron chi connectivity index (χ2n) is 6.27. The summed E-state index contributed by atoms with van der Waals surface area (Å²) in [5.74, 6) is -0.427. The largest absolute Gasteiger partial charge is 0.325 e. The van der Waals surface area contributed by atoms with Gasteiger partial charge in [-0.05, 0) is 50.2 Å². The molecule has 0 spiro atoms. The van der Waals surface area contributed by atoms with Crippen LogP contribution in [-0.4, -0.2) is 25.1 Å². The molecule has 0 aliphatic heterocycles. The number of carbonyl (C=O) groups is 1. The number of hydrogen-bond donors (Lipinski definition) is 2. The highest BCUT2D eigenvalue weighted by atomic mass is 32.2. The zero-order valence-electron chi connectivity index (χ0n) is 13.8. The van der Waals surface area contributed by atoms with Gasteiger partial charge in [0, 0.05) is 12.1 Å². The van der Waals surface area contributed by atoms with Crippen molar-refractivity contribution in [2.45, 2.75) is 46.0 Å². The average Bonchev–Trinajstić information content (AvgIpc) is 2.42. The maximum absolute atomic E-state index is 11.9. The molecule has 1 aromatic heterocycles. The number of aromatic nitrogens is 1. The molecule has 0 unspecified atom stereocenters. The van der Waals surface area contributed by atoms with E-state index in [1.54, 1.807) is 13.8 Å². The van der Waals surface area contributed by atoms with Gasteiger partial charge in [-0.25, -0.2) is 8.42 Å². The predicted octanol–water partition coefficient (Wildman–Crippen LogP) is 1.04. The quantitative estimate of drug-likeness (QED) is 0.793. The van der Waals surface area contributed by atoms with Gasteiger partial charge in [0.05, 0.1) is 5.75 Å². The normalized spacial score (nSPS) is 14.7. The molecule has 1 amide bonds. The molecule has 8 heteroatoms. The zero-order valence-corrected chi connectivity index (χ0v) is 14.6. The van der Waals surface area contributed by atoms with Crippen molar-refractivity contribution in [2.75, 3.05) is 5.75 Å². The molecule has 1 fully saturated rings. The van der Waals surface area contributed by atoms with Crippen molar-refractivity contribution in [1.29, 1.82) is 5.26 Å². The molecule has 0 radical (unpaired) electrons. The van der Waals surface area contributed by atoms with E-state index in [1.165, 1.54) is 0 Å². The van der Waals surface area contributed by atoms with Crippen molar-refractivity contribution < 1.29 is 13.2 Å². The van der Waals surface area contributed by atoms with E-state index in [-0.39, 0.29) is 30.1 Å².